The molecule has 0 saturated heterocycles. The fourth-order valence-corrected chi connectivity index (χ4v) is 2.53. The number of aryl methyl sites for hydroxylation is 1. The molecule has 5 nitrogen and oxygen atoms in total. The maximum atomic E-state index is 5.61. The first-order valence-electron chi connectivity index (χ1n) is 6.50. The zero-order valence-electron chi connectivity index (χ0n) is 11.1. The molecule has 0 amide bonds. The second-order valence-electron chi connectivity index (χ2n) is 4.27. The van der Waals surface area contributed by atoms with E-state index in [2.05, 4.69) is 32.2 Å². The highest BCUT2D eigenvalue weighted by molar-refractivity contribution is 7.09. The molecule has 2 heterocycles. The molecule has 2 aromatic rings. The molecular weight excluding hydrogens is 258 g/mol. The highest BCUT2D eigenvalue weighted by Gasteiger charge is 2.12. The average Bonchev–Trinajstić information content (AvgIpc) is 2.93. The van der Waals surface area contributed by atoms with Crippen molar-refractivity contribution in [3.05, 3.63) is 35.9 Å². The minimum absolute atomic E-state index is 0.684. The molecule has 0 aliphatic rings. The molecule has 0 spiro atoms. The lowest BCUT2D eigenvalue weighted by atomic mass is 10.2. The number of nitrogens with two attached hydrogens (primary N) is 1. The zero-order chi connectivity index (χ0) is 13.5. The van der Waals surface area contributed by atoms with E-state index in [0.29, 0.717) is 6.54 Å². The Hall–Kier alpha value is -1.53. The van der Waals surface area contributed by atoms with Crippen molar-refractivity contribution in [2.24, 2.45) is 5.73 Å². The van der Waals surface area contributed by atoms with Gasteiger partial charge in [0.25, 0.3) is 0 Å². The third-order valence-corrected chi connectivity index (χ3v) is 3.59. The van der Waals surface area contributed by atoms with Crippen LogP contribution in [-0.4, -0.2) is 27.4 Å². The van der Waals surface area contributed by atoms with Gasteiger partial charge in [-0.05, 0) is 24.6 Å². The Labute approximate surface area is 117 Å². The molecule has 0 aliphatic heterocycles. The lowest BCUT2D eigenvalue weighted by Gasteiger charge is -2.20. The van der Waals surface area contributed by atoms with E-state index < -0.39 is 0 Å². The van der Waals surface area contributed by atoms with Crippen LogP contribution >= 0.6 is 11.5 Å². The van der Waals surface area contributed by atoms with E-state index >= 15 is 0 Å². The van der Waals surface area contributed by atoms with E-state index in [1.807, 2.05) is 12.3 Å². The van der Waals surface area contributed by atoms with Gasteiger partial charge in [-0.25, -0.2) is 4.98 Å². The van der Waals surface area contributed by atoms with E-state index in [1.165, 1.54) is 17.1 Å². The van der Waals surface area contributed by atoms with Crippen LogP contribution in [0.3, 0.4) is 0 Å². The first-order valence-corrected chi connectivity index (χ1v) is 7.27. The molecule has 2 N–H and O–H groups in total. The molecule has 0 radical (unpaired) electrons. The second-order valence-corrected chi connectivity index (χ2v) is 5.00. The topological polar surface area (TPSA) is 67.9 Å². The van der Waals surface area contributed by atoms with Crippen LogP contribution in [0.2, 0.25) is 0 Å². The van der Waals surface area contributed by atoms with Crippen LogP contribution in [0.1, 0.15) is 24.7 Å². The van der Waals surface area contributed by atoms with Gasteiger partial charge in [0.1, 0.15) is 5.82 Å². The van der Waals surface area contributed by atoms with E-state index in [4.69, 9.17) is 5.73 Å². The number of anilines is 1. The quantitative estimate of drug-likeness (QED) is 0.836. The van der Waals surface area contributed by atoms with Crippen LogP contribution in [0.5, 0.6) is 0 Å². The van der Waals surface area contributed by atoms with Crippen LogP contribution in [0, 0.1) is 0 Å². The number of rotatable bonds is 7. The molecule has 0 unspecified atom stereocenters. The molecule has 0 aliphatic carbocycles. The van der Waals surface area contributed by atoms with Crippen molar-refractivity contribution in [3.63, 3.8) is 0 Å². The van der Waals surface area contributed by atoms with Crippen molar-refractivity contribution in [2.45, 2.75) is 26.3 Å². The first-order chi connectivity index (χ1) is 9.33. The Morgan fingerprint density at radius 2 is 2.32 bits per heavy atom. The van der Waals surface area contributed by atoms with Gasteiger partial charge >= 0.3 is 0 Å². The van der Waals surface area contributed by atoms with Gasteiger partial charge in [0.15, 0.2) is 0 Å². The molecule has 0 saturated carbocycles. The Balaban J connectivity index is 2.11. The highest BCUT2D eigenvalue weighted by Crippen LogP contribution is 2.20. The summed E-state index contributed by atoms with van der Waals surface area (Å²) in [6.45, 7) is 4.44. The highest BCUT2D eigenvalue weighted by atomic mass is 32.1. The normalized spacial score (nSPS) is 10.6. The smallest absolute Gasteiger partial charge is 0.205 e. The van der Waals surface area contributed by atoms with Crippen LogP contribution in [0.4, 0.5) is 5.13 Å². The van der Waals surface area contributed by atoms with Crippen LogP contribution in [0.25, 0.3) is 0 Å². The second kappa shape index (κ2) is 7.16. The predicted molar refractivity (Wildman–Crippen MR) is 78.2 cm³/mol. The summed E-state index contributed by atoms with van der Waals surface area (Å²) >= 11 is 1.46. The Morgan fingerprint density at radius 3 is 2.95 bits per heavy atom. The molecule has 2 aromatic heterocycles. The van der Waals surface area contributed by atoms with E-state index in [0.717, 1.165) is 36.9 Å². The predicted octanol–water partition coefficient (Wildman–Crippen LogP) is 1.85. The molecule has 0 fully saturated rings. The number of hydrogen-bond donors (Lipinski definition) is 1. The van der Waals surface area contributed by atoms with E-state index in [1.54, 1.807) is 6.20 Å². The van der Waals surface area contributed by atoms with Crippen molar-refractivity contribution >= 4 is 16.7 Å². The summed E-state index contributed by atoms with van der Waals surface area (Å²) in [7, 11) is 0. The van der Waals surface area contributed by atoms with Crippen LogP contribution in [-0.2, 0) is 13.0 Å². The SMILES string of the molecule is CCc1nsc(N(CCCN)Cc2cccnc2)n1. The van der Waals surface area contributed by atoms with Gasteiger partial charge in [-0.15, -0.1) is 0 Å². The number of nitrogens with zero attached hydrogens (tertiary/aromatic N) is 4. The standard InChI is InChI=1S/C13H19N5S/c1-2-12-16-13(19-17-12)18(8-4-6-14)10-11-5-3-7-15-9-11/h3,5,7,9H,2,4,6,8,10,14H2,1H3. The lowest BCUT2D eigenvalue weighted by Crippen LogP contribution is -2.25. The fourth-order valence-electron chi connectivity index (χ4n) is 1.75. The minimum atomic E-state index is 0.684. The maximum Gasteiger partial charge on any atom is 0.205 e. The monoisotopic (exact) mass is 277 g/mol. The molecule has 2 rings (SSSR count). The van der Waals surface area contributed by atoms with Crippen molar-refractivity contribution in [1.29, 1.82) is 0 Å². The Bertz CT molecular complexity index is 485. The van der Waals surface area contributed by atoms with Gasteiger partial charge in [-0.2, -0.15) is 4.37 Å². The maximum absolute atomic E-state index is 5.61. The number of pyridine rings is 1. The fraction of sp³-hybridized carbons (Fsp3) is 0.462. The van der Waals surface area contributed by atoms with E-state index in [9.17, 15) is 0 Å². The Morgan fingerprint density at radius 1 is 1.42 bits per heavy atom. The van der Waals surface area contributed by atoms with Gasteiger partial charge in [0.05, 0.1) is 0 Å². The molecule has 19 heavy (non-hydrogen) atoms. The summed E-state index contributed by atoms with van der Waals surface area (Å²) < 4.78 is 4.35. The summed E-state index contributed by atoms with van der Waals surface area (Å²) in [6.07, 6.45) is 5.49. The van der Waals surface area contributed by atoms with Gasteiger partial charge in [0.2, 0.25) is 5.13 Å². The molecule has 0 atom stereocenters. The molecule has 0 aromatic carbocycles. The average molecular weight is 277 g/mol. The molecule has 6 heteroatoms. The first kappa shape index (κ1) is 13.9. The third kappa shape index (κ3) is 3.97. The summed E-state index contributed by atoms with van der Waals surface area (Å²) in [6, 6.07) is 4.03. The molecular formula is C13H19N5S. The summed E-state index contributed by atoms with van der Waals surface area (Å²) in [5, 5.41) is 0.967. The number of hydrogen-bond acceptors (Lipinski definition) is 6. The van der Waals surface area contributed by atoms with Crippen LogP contribution < -0.4 is 10.6 Å². The summed E-state index contributed by atoms with van der Waals surface area (Å²) in [4.78, 5) is 10.9. The van der Waals surface area contributed by atoms with Crippen molar-refractivity contribution < 1.29 is 0 Å². The lowest BCUT2D eigenvalue weighted by molar-refractivity contribution is 0.730. The van der Waals surface area contributed by atoms with Crippen molar-refractivity contribution in [2.75, 3.05) is 18.0 Å². The van der Waals surface area contributed by atoms with Gasteiger partial charge < -0.3 is 10.6 Å². The third-order valence-electron chi connectivity index (χ3n) is 2.77. The zero-order valence-corrected chi connectivity index (χ0v) is 11.9. The number of aromatic nitrogens is 3. The van der Waals surface area contributed by atoms with Gasteiger partial charge in [-0.1, -0.05) is 13.0 Å². The minimum Gasteiger partial charge on any atom is -0.342 e. The largest absolute Gasteiger partial charge is 0.342 e. The molecule has 102 valence electrons. The van der Waals surface area contributed by atoms with Crippen LogP contribution in [0.15, 0.2) is 24.5 Å². The molecule has 0 bridgehead atoms. The summed E-state index contributed by atoms with van der Waals surface area (Å²) in [5.41, 5.74) is 6.78. The Kier molecular flexibility index (Phi) is 5.23. The summed E-state index contributed by atoms with van der Waals surface area (Å²) in [5.74, 6) is 0.906. The van der Waals surface area contributed by atoms with Crippen molar-refractivity contribution in [3.8, 4) is 0 Å². The van der Waals surface area contributed by atoms with Gasteiger partial charge in [-0.3, -0.25) is 4.98 Å². The van der Waals surface area contributed by atoms with E-state index in [-0.39, 0.29) is 0 Å². The van der Waals surface area contributed by atoms with Crippen molar-refractivity contribution in [1.82, 2.24) is 14.3 Å². The van der Waals surface area contributed by atoms with Gasteiger partial charge in [0, 0.05) is 43.4 Å².